The molecule has 10 heteroatoms. The molecule has 1 N–H and O–H groups in total. The molecule has 186 valence electrons. The highest BCUT2D eigenvalue weighted by molar-refractivity contribution is 7.89. The number of piperidine rings is 1. The Balaban J connectivity index is 1.32. The van der Waals surface area contributed by atoms with Gasteiger partial charge in [-0.1, -0.05) is 23.7 Å². The second-order valence-corrected chi connectivity index (χ2v) is 12.8. The van der Waals surface area contributed by atoms with E-state index in [1.807, 2.05) is 32.0 Å². The highest BCUT2D eigenvalue weighted by Gasteiger charge is 2.35. The molecule has 0 unspecified atom stereocenters. The lowest BCUT2D eigenvalue weighted by Gasteiger charge is -2.31. The molecule has 3 heterocycles. The van der Waals surface area contributed by atoms with Gasteiger partial charge >= 0.3 is 0 Å². The molecule has 35 heavy (non-hydrogen) atoms. The van der Waals surface area contributed by atoms with Crippen molar-refractivity contribution in [3.63, 3.8) is 0 Å². The number of benzene rings is 1. The molecule has 2 fully saturated rings. The third-order valence-corrected chi connectivity index (χ3v) is 10.2. The van der Waals surface area contributed by atoms with Crippen LogP contribution in [0.1, 0.15) is 59.9 Å². The minimum Gasteiger partial charge on any atom is -0.339 e. The molecule has 1 amide bonds. The van der Waals surface area contributed by atoms with E-state index in [0.29, 0.717) is 46.8 Å². The van der Waals surface area contributed by atoms with Gasteiger partial charge in [0.15, 0.2) is 0 Å². The van der Waals surface area contributed by atoms with E-state index in [-0.39, 0.29) is 17.3 Å². The average molecular weight is 515 g/mol. The summed E-state index contributed by atoms with van der Waals surface area (Å²) in [7, 11) is -3.76. The van der Waals surface area contributed by atoms with Crippen LogP contribution in [0.2, 0.25) is 0 Å². The number of carbonyl (C=O) groups is 1. The fourth-order valence-corrected chi connectivity index (χ4v) is 7.62. The van der Waals surface area contributed by atoms with E-state index in [2.05, 4.69) is 15.5 Å². The van der Waals surface area contributed by atoms with Gasteiger partial charge < -0.3 is 9.84 Å². The van der Waals surface area contributed by atoms with Crippen molar-refractivity contribution in [3.8, 4) is 10.7 Å². The van der Waals surface area contributed by atoms with Crippen molar-refractivity contribution in [3.05, 3.63) is 46.2 Å². The van der Waals surface area contributed by atoms with Crippen LogP contribution < -0.4 is 5.32 Å². The lowest BCUT2D eigenvalue weighted by molar-refractivity contribution is -0.120. The number of hydrogen-bond donors (Lipinski definition) is 1. The Morgan fingerprint density at radius 3 is 2.69 bits per heavy atom. The van der Waals surface area contributed by atoms with E-state index < -0.39 is 15.9 Å². The highest BCUT2D eigenvalue weighted by atomic mass is 32.2. The summed E-state index contributed by atoms with van der Waals surface area (Å²) in [6, 6.07) is 7.55. The maximum atomic E-state index is 13.6. The van der Waals surface area contributed by atoms with Gasteiger partial charge in [0.2, 0.25) is 27.6 Å². The van der Waals surface area contributed by atoms with Gasteiger partial charge in [-0.05, 0) is 69.7 Å². The maximum Gasteiger partial charge on any atom is 0.244 e. The molecule has 2 aliphatic rings. The quantitative estimate of drug-likeness (QED) is 0.495. The van der Waals surface area contributed by atoms with Gasteiger partial charge in [-0.2, -0.15) is 9.29 Å². The Hall–Kier alpha value is -2.56. The fraction of sp³-hybridized carbons (Fsp3) is 0.480. The topological polar surface area (TPSA) is 105 Å². The summed E-state index contributed by atoms with van der Waals surface area (Å²) in [5.41, 5.74) is 2.81. The number of anilines is 1. The van der Waals surface area contributed by atoms with Crippen LogP contribution in [0.25, 0.3) is 10.7 Å². The Labute approximate surface area is 209 Å². The van der Waals surface area contributed by atoms with Crippen LogP contribution in [-0.2, 0) is 14.8 Å². The van der Waals surface area contributed by atoms with Crippen LogP contribution >= 0.6 is 11.3 Å². The summed E-state index contributed by atoms with van der Waals surface area (Å²) in [5.74, 6) is 0.845. The Morgan fingerprint density at radius 1 is 1.14 bits per heavy atom. The molecule has 2 aromatic heterocycles. The predicted molar refractivity (Wildman–Crippen MR) is 135 cm³/mol. The molecule has 0 spiro atoms. The van der Waals surface area contributed by atoms with Gasteiger partial charge in [0.05, 0.1) is 15.7 Å². The monoisotopic (exact) mass is 514 g/mol. The number of amides is 1. The third-order valence-electron chi connectivity index (χ3n) is 7.01. The van der Waals surface area contributed by atoms with Gasteiger partial charge in [-0.15, -0.1) is 11.3 Å². The smallest absolute Gasteiger partial charge is 0.244 e. The van der Waals surface area contributed by atoms with E-state index >= 15 is 0 Å². The highest BCUT2D eigenvalue weighted by Crippen LogP contribution is 2.38. The minimum absolute atomic E-state index is 0.142. The first kappa shape index (κ1) is 24.1. The molecular weight excluding hydrogens is 484 g/mol. The standard InChI is InChI=1S/C25H30N4O4S2/c1-15-9-10-16(2)20(12-15)26-24(30)19-8-5-11-29(14-19)35(31,32)22-13-21(34-17(22)3)23-27-25(33-28-23)18-6-4-7-18/h9-10,12-13,18-19H,4-8,11,14H2,1-3H3,(H,26,30)/t19-/m0/s1. The normalized spacial score (nSPS) is 19.5. The number of rotatable bonds is 6. The zero-order valence-electron chi connectivity index (χ0n) is 20.2. The van der Waals surface area contributed by atoms with E-state index in [1.54, 1.807) is 13.0 Å². The summed E-state index contributed by atoms with van der Waals surface area (Å²) >= 11 is 1.35. The van der Waals surface area contributed by atoms with Gasteiger partial charge in [0, 0.05) is 29.6 Å². The third kappa shape index (κ3) is 4.79. The van der Waals surface area contributed by atoms with Crippen molar-refractivity contribution >= 4 is 33.0 Å². The SMILES string of the molecule is Cc1ccc(C)c(NC(=O)[C@H]2CCCN(S(=O)(=O)c3cc(-c4noc(C5CCC5)n4)sc3C)C2)c1. The predicted octanol–water partition coefficient (Wildman–Crippen LogP) is 5.03. The summed E-state index contributed by atoms with van der Waals surface area (Å²) in [5, 5.41) is 7.09. The molecule has 5 rings (SSSR count). The second-order valence-electron chi connectivity index (χ2n) is 9.62. The van der Waals surface area contributed by atoms with Crippen molar-refractivity contribution in [2.24, 2.45) is 5.92 Å². The largest absolute Gasteiger partial charge is 0.339 e. The van der Waals surface area contributed by atoms with Crippen molar-refractivity contribution in [2.45, 2.75) is 63.7 Å². The molecule has 0 radical (unpaired) electrons. The number of nitrogens with one attached hydrogen (secondary N) is 1. The van der Waals surface area contributed by atoms with Crippen molar-refractivity contribution < 1.29 is 17.7 Å². The molecule has 8 nitrogen and oxygen atoms in total. The lowest BCUT2D eigenvalue weighted by atomic mass is 9.85. The molecule has 0 bridgehead atoms. The molecule has 1 saturated heterocycles. The summed E-state index contributed by atoms with van der Waals surface area (Å²) < 4.78 is 34.0. The summed E-state index contributed by atoms with van der Waals surface area (Å²) in [4.78, 5) is 19.1. The van der Waals surface area contributed by atoms with Crippen molar-refractivity contribution in [1.82, 2.24) is 14.4 Å². The average Bonchev–Trinajstić information content (AvgIpc) is 3.42. The van der Waals surface area contributed by atoms with Gasteiger partial charge in [0.25, 0.3) is 0 Å². The van der Waals surface area contributed by atoms with E-state index in [9.17, 15) is 13.2 Å². The Kier molecular flexibility index (Phi) is 6.54. The van der Waals surface area contributed by atoms with Crippen LogP contribution in [0.5, 0.6) is 0 Å². The molecule has 3 aromatic rings. The number of sulfonamides is 1. The number of nitrogens with zero attached hydrogens (tertiary/aromatic N) is 3. The van der Waals surface area contributed by atoms with Crippen molar-refractivity contribution in [2.75, 3.05) is 18.4 Å². The molecule has 1 aliphatic heterocycles. The van der Waals surface area contributed by atoms with Gasteiger partial charge in [-0.3, -0.25) is 4.79 Å². The number of thiophene rings is 1. The molecule has 1 atom stereocenters. The second kappa shape index (κ2) is 9.48. The fourth-order valence-electron chi connectivity index (χ4n) is 4.61. The summed E-state index contributed by atoms with van der Waals surface area (Å²) in [6.45, 7) is 6.28. The number of aryl methyl sites for hydroxylation is 3. The van der Waals surface area contributed by atoms with Crippen LogP contribution in [0, 0.1) is 26.7 Å². The molecule has 1 aromatic carbocycles. The van der Waals surface area contributed by atoms with Gasteiger partial charge in [0.1, 0.15) is 0 Å². The van der Waals surface area contributed by atoms with E-state index in [1.165, 1.54) is 22.1 Å². The first-order chi connectivity index (χ1) is 16.7. The van der Waals surface area contributed by atoms with Crippen LogP contribution in [0.3, 0.4) is 0 Å². The number of aromatic nitrogens is 2. The van der Waals surface area contributed by atoms with Crippen LogP contribution in [0.4, 0.5) is 5.69 Å². The van der Waals surface area contributed by atoms with Crippen LogP contribution in [-0.4, -0.2) is 41.9 Å². The molecular formula is C25H30N4O4S2. The van der Waals surface area contributed by atoms with E-state index in [4.69, 9.17) is 4.52 Å². The Morgan fingerprint density at radius 2 is 1.94 bits per heavy atom. The maximum absolute atomic E-state index is 13.6. The van der Waals surface area contributed by atoms with E-state index in [0.717, 1.165) is 29.7 Å². The number of carbonyl (C=O) groups excluding carboxylic acids is 1. The van der Waals surface area contributed by atoms with Gasteiger partial charge in [-0.25, -0.2) is 8.42 Å². The molecule has 1 aliphatic carbocycles. The minimum atomic E-state index is -3.76. The molecule has 1 saturated carbocycles. The lowest BCUT2D eigenvalue weighted by Crippen LogP contribution is -2.43. The first-order valence-corrected chi connectivity index (χ1v) is 14.3. The zero-order valence-corrected chi connectivity index (χ0v) is 21.8. The van der Waals surface area contributed by atoms with Crippen LogP contribution in [0.15, 0.2) is 33.7 Å². The number of hydrogen-bond acceptors (Lipinski definition) is 7. The van der Waals surface area contributed by atoms with Crippen molar-refractivity contribution in [1.29, 1.82) is 0 Å². The summed E-state index contributed by atoms with van der Waals surface area (Å²) in [6.07, 6.45) is 4.57. The Bertz CT molecular complexity index is 1360. The zero-order chi connectivity index (χ0) is 24.7. The first-order valence-electron chi connectivity index (χ1n) is 12.0.